The van der Waals surface area contributed by atoms with E-state index < -0.39 is 6.10 Å². The van der Waals surface area contributed by atoms with Gasteiger partial charge in [0.05, 0.1) is 6.10 Å². The number of aliphatic hydroxyl groups is 1. The highest BCUT2D eigenvalue weighted by atomic mass is 19.1. The highest BCUT2D eigenvalue weighted by Gasteiger charge is 2.37. The zero-order chi connectivity index (χ0) is 13.3. The molecule has 1 aromatic carbocycles. The molecule has 2 rings (SSSR count). The molecule has 0 aromatic heterocycles. The molecule has 1 nitrogen and oxygen atoms in total. The van der Waals surface area contributed by atoms with Crippen molar-refractivity contribution in [1.29, 1.82) is 0 Å². The summed E-state index contributed by atoms with van der Waals surface area (Å²) in [6.45, 7) is 6.21. The first-order valence-corrected chi connectivity index (χ1v) is 6.86. The van der Waals surface area contributed by atoms with Crippen LogP contribution in [-0.2, 0) is 0 Å². The fraction of sp³-hybridized carbons (Fsp3) is 0.625. The summed E-state index contributed by atoms with van der Waals surface area (Å²) in [5.41, 5.74) is 1.63. The summed E-state index contributed by atoms with van der Waals surface area (Å²) in [5, 5.41) is 10.6. The summed E-state index contributed by atoms with van der Waals surface area (Å²) in [7, 11) is 0. The van der Waals surface area contributed by atoms with Crippen LogP contribution < -0.4 is 0 Å². The monoisotopic (exact) mass is 250 g/mol. The SMILES string of the molecule is Cc1cc(C(O)C2CCCCC2(C)C)ccc1F. The zero-order valence-electron chi connectivity index (χ0n) is 11.5. The zero-order valence-corrected chi connectivity index (χ0v) is 11.5. The Morgan fingerprint density at radius 1 is 1.33 bits per heavy atom. The largest absolute Gasteiger partial charge is 0.388 e. The van der Waals surface area contributed by atoms with Crippen LogP contribution in [-0.4, -0.2) is 5.11 Å². The van der Waals surface area contributed by atoms with Crippen molar-refractivity contribution in [2.75, 3.05) is 0 Å². The van der Waals surface area contributed by atoms with Crippen molar-refractivity contribution in [2.24, 2.45) is 11.3 Å². The molecule has 1 aliphatic carbocycles. The van der Waals surface area contributed by atoms with Gasteiger partial charge in [-0.1, -0.05) is 38.8 Å². The van der Waals surface area contributed by atoms with Crippen molar-refractivity contribution in [3.05, 3.63) is 35.1 Å². The van der Waals surface area contributed by atoms with E-state index in [1.54, 1.807) is 19.1 Å². The standard InChI is InChI=1S/C16H23FO/c1-11-10-12(7-8-14(11)17)15(18)13-6-4-5-9-16(13,2)3/h7-8,10,13,15,18H,4-6,9H2,1-3H3. The maximum atomic E-state index is 13.3. The van der Waals surface area contributed by atoms with Gasteiger partial charge >= 0.3 is 0 Å². The Kier molecular flexibility index (Phi) is 3.76. The fourth-order valence-corrected chi connectivity index (χ4v) is 3.19. The van der Waals surface area contributed by atoms with Crippen LogP contribution in [0.5, 0.6) is 0 Å². The first-order valence-electron chi connectivity index (χ1n) is 6.86. The van der Waals surface area contributed by atoms with Crippen LogP contribution in [0.4, 0.5) is 4.39 Å². The fourth-order valence-electron chi connectivity index (χ4n) is 3.19. The molecule has 2 atom stereocenters. The van der Waals surface area contributed by atoms with Gasteiger partial charge in [-0.3, -0.25) is 0 Å². The molecule has 0 heterocycles. The lowest BCUT2D eigenvalue weighted by Gasteiger charge is -2.41. The van der Waals surface area contributed by atoms with Crippen molar-refractivity contribution >= 4 is 0 Å². The number of hydrogen-bond acceptors (Lipinski definition) is 1. The van der Waals surface area contributed by atoms with Crippen molar-refractivity contribution < 1.29 is 9.50 Å². The Labute approximate surface area is 109 Å². The van der Waals surface area contributed by atoms with E-state index in [9.17, 15) is 9.50 Å². The first-order chi connectivity index (χ1) is 8.42. The quantitative estimate of drug-likeness (QED) is 0.825. The minimum Gasteiger partial charge on any atom is -0.388 e. The van der Waals surface area contributed by atoms with E-state index in [0.29, 0.717) is 5.56 Å². The summed E-state index contributed by atoms with van der Waals surface area (Å²) in [4.78, 5) is 0. The minimum atomic E-state index is -0.473. The molecule has 1 saturated carbocycles. The van der Waals surface area contributed by atoms with Crippen LogP contribution in [0.3, 0.4) is 0 Å². The van der Waals surface area contributed by atoms with Crippen molar-refractivity contribution in [3.8, 4) is 0 Å². The lowest BCUT2D eigenvalue weighted by Crippen LogP contribution is -2.32. The molecule has 1 N–H and O–H groups in total. The lowest BCUT2D eigenvalue weighted by molar-refractivity contribution is 0.00379. The molecule has 100 valence electrons. The number of rotatable bonds is 2. The van der Waals surface area contributed by atoms with Crippen molar-refractivity contribution in [1.82, 2.24) is 0 Å². The minimum absolute atomic E-state index is 0.167. The molecule has 0 saturated heterocycles. The van der Waals surface area contributed by atoms with E-state index in [2.05, 4.69) is 13.8 Å². The van der Waals surface area contributed by atoms with Gasteiger partial charge in [0.2, 0.25) is 0 Å². The van der Waals surface area contributed by atoms with Crippen LogP contribution >= 0.6 is 0 Å². The van der Waals surface area contributed by atoms with Crippen molar-refractivity contribution in [3.63, 3.8) is 0 Å². The first kappa shape index (κ1) is 13.5. The molecule has 2 unspecified atom stereocenters. The second-order valence-electron chi connectivity index (χ2n) is 6.29. The lowest BCUT2D eigenvalue weighted by atomic mass is 9.65. The van der Waals surface area contributed by atoms with Gasteiger partial charge in [0.1, 0.15) is 5.82 Å². The summed E-state index contributed by atoms with van der Waals surface area (Å²) in [5.74, 6) is 0.0740. The molecule has 1 aromatic rings. The Morgan fingerprint density at radius 3 is 2.67 bits per heavy atom. The van der Waals surface area contributed by atoms with E-state index in [-0.39, 0.29) is 17.2 Å². The second-order valence-corrected chi connectivity index (χ2v) is 6.29. The highest BCUT2D eigenvalue weighted by molar-refractivity contribution is 5.26. The molecule has 1 aliphatic rings. The van der Waals surface area contributed by atoms with Gasteiger partial charge in [-0.05, 0) is 48.3 Å². The predicted octanol–water partition coefficient (Wildman–Crippen LogP) is 4.38. The van der Waals surface area contributed by atoms with Gasteiger partial charge < -0.3 is 5.11 Å². The predicted molar refractivity (Wildman–Crippen MR) is 71.8 cm³/mol. The molecular formula is C16H23FO. The molecule has 2 heteroatoms. The average molecular weight is 250 g/mol. The molecule has 0 aliphatic heterocycles. The highest BCUT2D eigenvalue weighted by Crippen LogP contribution is 2.46. The molecule has 0 bridgehead atoms. The van der Waals surface area contributed by atoms with Gasteiger partial charge in [0.15, 0.2) is 0 Å². The van der Waals surface area contributed by atoms with Crippen LogP contribution in [0.2, 0.25) is 0 Å². The van der Waals surface area contributed by atoms with Gasteiger partial charge in [0, 0.05) is 0 Å². The third kappa shape index (κ3) is 2.59. The van der Waals surface area contributed by atoms with Gasteiger partial charge in [-0.2, -0.15) is 0 Å². The smallest absolute Gasteiger partial charge is 0.126 e. The van der Waals surface area contributed by atoms with Crippen LogP contribution in [0.25, 0.3) is 0 Å². The average Bonchev–Trinajstić information content (AvgIpc) is 2.31. The molecule has 0 radical (unpaired) electrons. The van der Waals surface area contributed by atoms with E-state index in [0.717, 1.165) is 18.4 Å². The number of halogens is 1. The maximum absolute atomic E-state index is 13.3. The van der Waals surface area contributed by atoms with E-state index in [4.69, 9.17) is 0 Å². The van der Waals surface area contributed by atoms with Crippen LogP contribution in [0.1, 0.15) is 56.8 Å². The molecule has 18 heavy (non-hydrogen) atoms. The molecule has 1 fully saturated rings. The number of hydrogen-bond donors (Lipinski definition) is 1. The summed E-state index contributed by atoms with van der Waals surface area (Å²) >= 11 is 0. The Bertz CT molecular complexity index is 425. The Morgan fingerprint density at radius 2 is 2.06 bits per heavy atom. The third-order valence-electron chi connectivity index (χ3n) is 4.49. The van der Waals surface area contributed by atoms with Gasteiger partial charge in [-0.15, -0.1) is 0 Å². The number of benzene rings is 1. The maximum Gasteiger partial charge on any atom is 0.126 e. The van der Waals surface area contributed by atoms with E-state index >= 15 is 0 Å². The molecule has 0 spiro atoms. The Hall–Kier alpha value is -0.890. The number of aliphatic hydroxyl groups excluding tert-OH is 1. The van der Waals surface area contributed by atoms with Crippen LogP contribution in [0.15, 0.2) is 18.2 Å². The summed E-state index contributed by atoms with van der Waals surface area (Å²) in [6.07, 6.45) is 4.18. The van der Waals surface area contributed by atoms with Gasteiger partial charge in [-0.25, -0.2) is 4.39 Å². The molecular weight excluding hydrogens is 227 g/mol. The summed E-state index contributed by atoms with van der Waals surface area (Å²) in [6, 6.07) is 4.96. The van der Waals surface area contributed by atoms with E-state index in [1.807, 2.05) is 0 Å². The Balaban J connectivity index is 2.24. The normalized spacial score (nSPS) is 24.8. The summed E-state index contributed by atoms with van der Waals surface area (Å²) < 4.78 is 13.3. The van der Waals surface area contributed by atoms with Gasteiger partial charge in [0.25, 0.3) is 0 Å². The second kappa shape index (κ2) is 5.00. The topological polar surface area (TPSA) is 20.2 Å². The molecule has 0 amide bonds. The van der Waals surface area contributed by atoms with Crippen LogP contribution in [0, 0.1) is 24.1 Å². The van der Waals surface area contributed by atoms with E-state index in [1.165, 1.54) is 18.9 Å². The third-order valence-corrected chi connectivity index (χ3v) is 4.49. The number of aryl methyl sites for hydroxylation is 1. The van der Waals surface area contributed by atoms with Crippen molar-refractivity contribution in [2.45, 2.75) is 52.6 Å².